The first-order valence-electron chi connectivity index (χ1n) is 8.17. The van der Waals surface area contributed by atoms with Crippen LogP contribution in [0.2, 0.25) is 0 Å². The van der Waals surface area contributed by atoms with Crippen LogP contribution in [0.1, 0.15) is 0 Å². The number of hydrogen-bond acceptors (Lipinski definition) is 9. The maximum absolute atomic E-state index is 11.8. The lowest BCUT2D eigenvalue weighted by Crippen LogP contribution is -2.29. The zero-order valence-electron chi connectivity index (χ0n) is 14.5. The number of nitro groups is 1. The normalized spacial score (nSPS) is 13.6. The van der Waals surface area contributed by atoms with Crippen LogP contribution in [0, 0.1) is 10.1 Å². The smallest absolute Gasteiger partial charge is 0.269 e. The first-order valence-corrected chi connectivity index (χ1v) is 8.99. The Hall–Kier alpha value is -4.12. The Kier molecular flexibility index (Phi) is 4.71. The quantitative estimate of drug-likeness (QED) is 0.273. The number of non-ortho nitro benzene ring substituents is 1. The number of benzene rings is 2. The van der Waals surface area contributed by atoms with Crippen LogP contribution in [0.15, 0.2) is 70.9 Å². The molecular formula is C18H10N6O4S. The molecule has 11 heteroatoms. The Balaban J connectivity index is 1.52. The number of carbonyl (C=O) groups is 2. The van der Waals surface area contributed by atoms with Gasteiger partial charge in [-0.3, -0.25) is 19.7 Å². The average Bonchev–Trinajstić information content (AvgIpc) is 3.33. The van der Waals surface area contributed by atoms with E-state index in [0.717, 1.165) is 4.90 Å². The Morgan fingerprint density at radius 1 is 0.966 bits per heavy atom. The van der Waals surface area contributed by atoms with Gasteiger partial charge in [-0.2, -0.15) is 0 Å². The van der Waals surface area contributed by atoms with Crippen molar-refractivity contribution in [1.82, 2.24) is 10.2 Å². The summed E-state index contributed by atoms with van der Waals surface area (Å²) in [6, 6.07) is 12.5. The summed E-state index contributed by atoms with van der Waals surface area (Å²) in [6.45, 7) is 0. The first-order chi connectivity index (χ1) is 14.0. The number of carbonyl (C=O) groups excluding carboxylic acids is 2. The van der Waals surface area contributed by atoms with Crippen molar-refractivity contribution in [2.24, 2.45) is 10.2 Å². The number of hydrogen-bond donors (Lipinski definition) is 0. The van der Waals surface area contributed by atoms with E-state index in [0.29, 0.717) is 27.1 Å². The molecule has 2 amide bonds. The van der Waals surface area contributed by atoms with Crippen molar-refractivity contribution >= 4 is 45.3 Å². The molecule has 4 rings (SSSR count). The van der Waals surface area contributed by atoms with Crippen molar-refractivity contribution in [3.8, 4) is 10.6 Å². The molecule has 1 aliphatic heterocycles. The summed E-state index contributed by atoms with van der Waals surface area (Å²) in [5.41, 5.74) is 1.49. The zero-order chi connectivity index (χ0) is 20.4. The highest BCUT2D eigenvalue weighted by Crippen LogP contribution is 2.31. The number of imide groups is 1. The minimum Gasteiger partial charge on any atom is -0.269 e. The largest absolute Gasteiger partial charge is 0.269 e. The van der Waals surface area contributed by atoms with Crippen LogP contribution < -0.4 is 4.90 Å². The molecule has 2 heterocycles. The molecule has 0 bridgehead atoms. The number of amides is 2. The van der Waals surface area contributed by atoms with Crippen molar-refractivity contribution in [2.45, 2.75) is 0 Å². The van der Waals surface area contributed by atoms with E-state index in [4.69, 9.17) is 0 Å². The predicted molar refractivity (Wildman–Crippen MR) is 104 cm³/mol. The third-order valence-electron chi connectivity index (χ3n) is 3.89. The summed E-state index contributed by atoms with van der Waals surface area (Å²) in [7, 11) is 0. The molecule has 2 aromatic carbocycles. The molecule has 29 heavy (non-hydrogen) atoms. The Bertz CT molecular complexity index is 1170. The summed E-state index contributed by atoms with van der Waals surface area (Å²) in [6.07, 6.45) is 2.41. The number of nitrogens with zero attached hydrogens (tertiary/aromatic N) is 6. The molecule has 0 saturated heterocycles. The predicted octanol–water partition coefficient (Wildman–Crippen LogP) is 3.96. The summed E-state index contributed by atoms with van der Waals surface area (Å²) >= 11 is 1.17. The molecule has 0 aliphatic carbocycles. The highest BCUT2D eigenvalue weighted by atomic mass is 32.1. The van der Waals surface area contributed by atoms with Gasteiger partial charge in [0.2, 0.25) is 0 Å². The van der Waals surface area contributed by atoms with Gasteiger partial charge in [0.1, 0.15) is 5.01 Å². The molecule has 0 atom stereocenters. The molecule has 0 saturated carbocycles. The van der Waals surface area contributed by atoms with E-state index >= 15 is 0 Å². The number of azo groups is 1. The molecule has 10 nitrogen and oxygen atoms in total. The van der Waals surface area contributed by atoms with Crippen molar-refractivity contribution in [3.63, 3.8) is 0 Å². The first kappa shape index (κ1) is 18.3. The highest BCUT2D eigenvalue weighted by Gasteiger charge is 2.25. The molecule has 1 aliphatic rings. The fraction of sp³-hybridized carbons (Fsp3) is 0. The number of aromatic nitrogens is 2. The van der Waals surface area contributed by atoms with Gasteiger partial charge >= 0.3 is 0 Å². The van der Waals surface area contributed by atoms with E-state index in [1.807, 2.05) is 0 Å². The lowest BCUT2D eigenvalue weighted by atomic mass is 10.2. The maximum Gasteiger partial charge on any atom is 0.269 e. The van der Waals surface area contributed by atoms with Gasteiger partial charge in [-0.25, -0.2) is 4.90 Å². The van der Waals surface area contributed by atoms with Crippen LogP contribution >= 0.6 is 11.3 Å². The van der Waals surface area contributed by atoms with E-state index in [9.17, 15) is 19.7 Å². The van der Waals surface area contributed by atoms with E-state index in [2.05, 4.69) is 20.4 Å². The minimum atomic E-state index is -0.475. The lowest BCUT2D eigenvalue weighted by molar-refractivity contribution is -0.384. The van der Waals surface area contributed by atoms with Gasteiger partial charge in [-0.1, -0.05) is 17.4 Å². The second-order valence-electron chi connectivity index (χ2n) is 5.76. The molecule has 0 N–H and O–H groups in total. The third-order valence-corrected chi connectivity index (χ3v) is 4.74. The lowest BCUT2D eigenvalue weighted by Gasteiger charge is -2.13. The fourth-order valence-corrected chi connectivity index (χ4v) is 3.22. The second kappa shape index (κ2) is 7.48. The summed E-state index contributed by atoms with van der Waals surface area (Å²) < 4.78 is 0. The average molecular weight is 406 g/mol. The fourth-order valence-electron chi connectivity index (χ4n) is 2.55. The zero-order valence-corrected chi connectivity index (χ0v) is 15.3. The van der Waals surface area contributed by atoms with E-state index < -0.39 is 16.7 Å². The van der Waals surface area contributed by atoms with Crippen molar-refractivity contribution < 1.29 is 14.5 Å². The second-order valence-corrected chi connectivity index (χ2v) is 6.71. The molecular weight excluding hydrogens is 396 g/mol. The minimum absolute atomic E-state index is 0.0109. The topological polar surface area (TPSA) is 131 Å². The highest BCUT2D eigenvalue weighted by molar-refractivity contribution is 7.18. The third kappa shape index (κ3) is 3.80. The Morgan fingerprint density at radius 3 is 2.38 bits per heavy atom. The van der Waals surface area contributed by atoms with Crippen molar-refractivity contribution in [2.75, 3.05) is 4.90 Å². The SMILES string of the molecule is O=C1C=CC(=O)N1c1cccc(N=Nc2nnc(-c3ccc([N+](=O)[O-])cc3)s2)c1. The molecule has 0 radical (unpaired) electrons. The standard InChI is InChI=1S/C18H10N6O4S/c25-15-8-9-16(26)23(15)14-3-1-2-12(10-14)19-21-18-22-20-17(29-18)11-4-6-13(7-5-11)24(27)28/h1-10H. The van der Waals surface area contributed by atoms with E-state index in [1.54, 1.807) is 36.4 Å². The number of nitro benzene ring substituents is 1. The summed E-state index contributed by atoms with van der Waals surface area (Å²) in [5.74, 6) is -0.832. The molecule has 0 spiro atoms. The van der Waals surface area contributed by atoms with Crippen LogP contribution in [0.4, 0.5) is 22.2 Å². The van der Waals surface area contributed by atoms with Gasteiger partial charge in [0.15, 0.2) is 0 Å². The van der Waals surface area contributed by atoms with Gasteiger partial charge in [0, 0.05) is 29.8 Å². The molecule has 0 unspecified atom stereocenters. The van der Waals surface area contributed by atoms with Crippen molar-refractivity contribution in [1.29, 1.82) is 0 Å². The van der Waals surface area contributed by atoms with E-state index in [1.165, 1.54) is 35.6 Å². The van der Waals surface area contributed by atoms with Crippen LogP contribution in [-0.2, 0) is 9.59 Å². The Morgan fingerprint density at radius 2 is 1.69 bits per heavy atom. The number of rotatable bonds is 5. The summed E-state index contributed by atoms with van der Waals surface area (Å²) in [4.78, 5) is 34.9. The van der Waals surface area contributed by atoms with Gasteiger partial charge in [0.05, 0.1) is 16.3 Å². The monoisotopic (exact) mass is 406 g/mol. The molecule has 142 valence electrons. The van der Waals surface area contributed by atoms with Gasteiger partial charge in [-0.15, -0.1) is 20.4 Å². The van der Waals surface area contributed by atoms with Crippen LogP contribution in [0.5, 0.6) is 0 Å². The van der Waals surface area contributed by atoms with Crippen LogP contribution in [0.25, 0.3) is 10.6 Å². The van der Waals surface area contributed by atoms with Crippen molar-refractivity contribution in [3.05, 3.63) is 70.8 Å². The Labute approximate surface area is 167 Å². The molecule has 0 fully saturated rings. The van der Waals surface area contributed by atoms with E-state index in [-0.39, 0.29) is 5.69 Å². The van der Waals surface area contributed by atoms with Gasteiger partial charge < -0.3 is 0 Å². The van der Waals surface area contributed by atoms with Gasteiger partial charge in [-0.05, 0) is 30.3 Å². The molecule has 1 aromatic heterocycles. The van der Waals surface area contributed by atoms with Crippen LogP contribution in [-0.4, -0.2) is 26.9 Å². The molecule has 3 aromatic rings. The van der Waals surface area contributed by atoms with Gasteiger partial charge in [0.25, 0.3) is 22.6 Å². The number of anilines is 1. The maximum atomic E-state index is 11.8. The summed E-state index contributed by atoms with van der Waals surface area (Å²) in [5, 5.41) is 27.6. The van der Waals surface area contributed by atoms with Crippen LogP contribution in [0.3, 0.4) is 0 Å².